The van der Waals surface area contributed by atoms with Crippen LogP contribution in [0.5, 0.6) is 11.5 Å². The van der Waals surface area contributed by atoms with Crippen molar-refractivity contribution >= 4 is 46.0 Å². The third-order valence-corrected chi connectivity index (χ3v) is 5.93. The summed E-state index contributed by atoms with van der Waals surface area (Å²) in [5.74, 6) is 0.636. The standard InChI is InChI=1S/C24H18FNO3S2/c1-28-21-12-5-4-11-20(21)26-23(27)22(31-24(26)30)14-16-7-6-9-18(13-16)29-15-17-8-2-3-10-19(17)25/h2-14H,15H2,1H3/b22-14+. The maximum absolute atomic E-state index is 13.8. The molecule has 156 valence electrons. The van der Waals surface area contributed by atoms with Gasteiger partial charge in [0.2, 0.25) is 0 Å². The molecule has 0 bridgehead atoms. The minimum absolute atomic E-state index is 0.117. The number of carbonyl (C=O) groups excluding carboxylic acids is 1. The van der Waals surface area contributed by atoms with E-state index < -0.39 is 0 Å². The Morgan fingerprint density at radius 1 is 1.06 bits per heavy atom. The smallest absolute Gasteiger partial charge is 0.270 e. The van der Waals surface area contributed by atoms with E-state index in [0.29, 0.717) is 32.0 Å². The van der Waals surface area contributed by atoms with Crippen LogP contribution in [0, 0.1) is 5.82 Å². The number of thioether (sulfide) groups is 1. The Morgan fingerprint density at radius 2 is 1.84 bits per heavy atom. The number of amides is 1. The Morgan fingerprint density at radius 3 is 2.65 bits per heavy atom. The number of para-hydroxylation sites is 2. The molecule has 1 amide bonds. The fourth-order valence-electron chi connectivity index (χ4n) is 3.11. The van der Waals surface area contributed by atoms with Crippen molar-refractivity contribution in [2.75, 3.05) is 12.0 Å². The minimum atomic E-state index is -0.307. The molecule has 0 N–H and O–H groups in total. The van der Waals surface area contributed by atoms with Crippen LogP contribution in [0.25, 0.3) is 6.08 Å². The van der Waals surface area contributed by atoms with E-state index in [2.05, 4.69) is 0 Å². The number of hydrogen-bond acceptors (Lipinski definition) is 5. The van der Waals surface area contributed by atoms with Gasteiger partial charge in [0.05, 0.1) is 17.7 Å². The summed E-state index contributed by atoms with van der Waals surface area (Å²) in [6.07, 6.45) is 1.77. The lowest BCUT2D eigenvalue weighted by atomic mass is 10.2. The summed E-state index contributed by atoms with van der Waals surface area (Å²) >= 11 is 6.68. The Hall–Kier alpha value is -3.16. The van der Waals surface area contributed by atoms with E-state index in [-0.39, 0.29) is 18.3 Å². The molecule has 0 spiro atoms. The molecule has 4 rings (SSSR count). The molecule has 3 aromatic carbocycles. The summed E-state index contributed by atoms with van der Waals surface area (Å²) in [7, 11) is 1.55. The second-order valence-electron chi connectivity index (χ2n) is 6.64. The largest absolute Gasteiger partial charge is 0.495 e. The maximum Gasteiger partial charge on any atom is 0.270 e. The van der Waals surface area contributed by atoms with Crippen molar-refractivity contribution in [1.29, 1.82) is 0 Å². The highest BCUT2D eigenvalue weighted by Crippen LogP contribution is 2.39. The van der Waals surface area contributed by atoms with Crippen LogP contribution >= 0.6 is 24.0 Å². The summed E-state index contributed by atoms with van der Waals surface area (Å²) in [6, 6.07) is 21.0. The average Bonchev–Trinajstić information content (AvgIpc) is 3.06. The van der Waals surface area contributed by atoms with Gasteiger partial charge in [0.25, 0.3) is 5.91 Å². The predicted octanol–water partition coefficient (Wildman–Crippen LogP) is 5.82. The minimum Gasteiger partial charge on any atom is -0.495 e. The van der Waals surface area contributed by atoms with Gasteiger partial charge in [-0.15, -0.1) is 0 Å². The van der Waals surface area contributed by atoms with Crippen molar-refractivity contribution in [3.05, 3.63) is 94.6 Å². The lowest BCUT2D eigenvalue weighted by Gasteiger charge is -2.17. The van der Waals surface area contributed by atoms with Crippen LogP contribution in [-0.2, 0) is 11.4 Å². The number of anilines is 1. The molecule has 3 aromatic rings. The molecule has 7 heteroatoms. The van der Waals surface area contributed by atoms with Crippen molar-refractivity contribution in [1.82, 2.24) is 0 Å². The van der Waals surface area contributed by atoms with Crippen molar-refractivity contribution in [2.24, 2.45) is 0 Å². The zero-order chi connectivity index (χ0) is 21.8. The number of carbonyl (C=O) groups is 1. The summed E-state index contributed by atoms with van der Waals surface area (Å²) < 4.78 is 25.3. The molecular weight excluding hydrogens is 433 g/mol. The molecule has 0 saturated carbocycles. The molecule has 1 aliphatic heterocycles. The van der Waals surface area contributed by atoms with Gasteiger partial charge in [-0.2, -0.15) is 0 Å². The molecule has 31 heavy (non-hydrogen) atoms. The van der Waals surface area contributed by atoms with Crippen LogP contribution in [-0.4, -0.2) is 17.3 Å². The first kappa shape index (κ1) is 21.1. The van der Waals surface area contributed by atoms with Gasteiger partial charge in [-0.1, -0.05) is 66.4 Å². The van der Waals surface area contributed by atoms with E-state index in [1.54, 1.807) is 55.7 Å². The van der Waals surface area contributed by atoms with E-state index in [1.165, 1.54) is 22.7 Å². The number of nitrogens with zero attached hydrogens (tertiary/aromatic N) is 1. The van der Waals surface area contributed by atoms with Gasteiger partial charge in [-0.05, 0) is 42.0 Å². The number of ether oxygens (including phenoxy) is 2. The maximum atomic E-state index is 13.8. The molecule has 0 unspecified atom stereocenters. The van der Waals surface area contributed by atoms with Gasteiger partial charge in [0.1, 0.15) is 23.9 Å². The highest BCUT2D eigenvalue weighted by atomic mass is 32.2. The van der Waals surface area contributed by atoms with Crippen molar-refractivity contribution in [3.8, 4) is 11.5 Å². The SMILES string of the molecule is COc1ccccc1N1C(=O)/C(=C\c2cccc(OCc3ccccc3F)c2)SC1=S. The molecule has 0 atom stereocenters. The number of hydrogen-bond donors (Lipinski definition) is 0. The van der Waals surface area contributed by atoms with Gasteiger partial charge in [0.15, 0.2) is 4.32 Å². The second kappa shape index (κ2) is 9.32. The number of methoxy groups -OCH3 is 1. The molecular formula is C24H18FNO3S2. The van der Waals surface area contributed by atoms with Crippen molar-refractivity contribution < 1.29 is 18.7 Å². The Labute approximate surface area is 189 Å². The quantitative estimate of drug-likeness (QED) is 0.349. The van der Waals surface area contributed by atoms with E-state index in [0.717, 1.165) is 5.56 Å². The molecule has 0 aromatic heterocycles. The highest BCUT2D eigenvalue weighted by molar-refractivity contribution is 8.27. The summed E-state index contributed by atoms with van der Waals surface area (Å²) in [4.78, 5) is 15.0. The fourth-order valence-corrected chi connectivity index (χ4v) is 4.40. The van der Waals surface area contributed by atoms with Gasteiger partial charge in [-0.3, -0.25) is 9.69 Å². The number of rotatable bonds is 6. The van der Waals surface area contributed by atoms with Crippen molar-refractivity contribution in [3.63, 3.8) is 0 Å². The van der Waals surface area contributed by atoms with Crippen molar-refractivity contribution in [2.45, 2.75) is 6.61 Å². The molecule has 1 fully saturated rings. The normalized spacial score (nSPS) is 14.9. The lowest BCUT2D eigenvalue weighted by molar-refractivity contribution is -0.113. The summed E-state index contributed by atoms with van der Waals surface area (Å²) in [5.41, 5.74) is 1.87. The molecule has 0 aliphatic carbocycles. The third-order valence-electron chi connectivity index (χ3n) is 4.63. The molecule has 4 nitrogen and oxygen atoms in total. The second-order valence-corrected chi connectivity index (χ2v) is 8.32. The van der Waals surface area contributed by atoms with Crippen LogP contribution in [0.3, 0.4) is 0 Å². The van der Waals surface area contributed by atoms with E-state index >= 15 is 0 Å². The predicted molar refractivity (Wildman–Crippen MR) is 126 cm³/mol. The Balaban J connectivity index is 1.54. The zero-order valence-corrected chi connectivity index (χ0v) is 18.2. The number of benzene rings is 3. The monoisotopic (exact) mass is 451 g/mol. The van der Waals surface area contributed by atoms with Gasteiger partial charge in [0, 0.05) is 5.56 Å². The van der Waals surface area contributed by atoms with Crippen LogP contribution in [0.2, 0.25) is 0 Å². The first-order valence-corrected chi connectivity index (χ1v) is 10.7. The highest BCUT2D eigenvalue weighted by Gasteiger charge is 2.34. The van der Waals surface area contributed by atoms with E-state index in [4.69, 9.17) is 21.7 Å². The van der Waals surface area contributed by atoms with Crippen LogP contribution in [0.1, 0.15) is 11.1 Å². The van der Waals surface area contributed by atoms with E-state index in [1.807, 2.05) is 24.3 Å². The molecule has 1 aliphatic rings. The fraction of sp³-hybridized carbons (Fsp3) is 0.0833. The molecule has 1 saturated heterocycles. The first-order valence-electron chi connectivity index (χ1n) is 9.44. The van der Waals surface area contributed by atoms with Crippen LogP contribution in [0.4, 0.5) is 10.1 Å². The summed E-state index contributed by atoms with van der Waals surface area (Å²) in [6.45, 7) is 0.117. The summed E-state index contributed by atoms with van der Waals surface area (Å²) in [5, 5.41) is 0. The topological polar surface area (TPSA) is 38.8 Å². The van der Waals surface area contributed by atoms with Gasteiger partial charge < -0.3 is 9.47 Å². The van der Waals surface area contributed by atoms with Crippen LogP contribution in [0.15, 0.2) is 77.7 Å². The van der Waals surface area contributed by atoms with Crippen LogP contribution < -0.4 is 14.4 Å². The molecule has 1 heterocycles. The first-order chi connectivity index (χ1) is 15.1. The average molecular weight is 452 g/mol. The zero-order valence-electron chi connectivity index (χ0n) is 16.6. The lowest BCUT2D eigenvalue weighted by Crippen LogP contribution is -2.27. The number of halogens is 1. The Kier molecular flexibility index (Phi) is 6.34. The molecule has 0 radical (unpaired) electrons. The van der Waals surface area contributed by atoms with Gasteiger partial charge in [-0.25, -0.2) is 4.39 Å². The van der Waals surface area contributed by atoms with E-state index in [9.17, 15) is 9.18 Å². The number of thiocarbonyl (C=S) groups is 1. The third kappa shape index (κ3) is 4.62. The Bertz CT molecular complexity index is 1180. The van der Waals surface area contributed by atoms with Gasteiger partial charge >= 0.3 is 0 Å².